The Morgan fingerprint density at radius 1 is 1.00 bits per heavy atom. The predicted octanol–water partition coefficient (Wildman–Crippen LogP) is 4.04. The maximum Gasteiger partial charge on any atom is 0.315 e. The van der Waals surface area contributed by atoms with Crippen molar-refractivity contribution in [2.45, 2.75) is 6.04 Å². The van der Waals surface area contributed by atoms with E-state index >= 15 is 0 Å². The monoisotopic (exact) mass is 416 g/mol. The molecule has 7 nitrogen and oxygen atoms in total. The number of nitrogens with zero attached hydrogens (tertiary/aromatic N) is 1. The number of ether oxygens (including phenoxy) is 2. The third-order valence-corrected chi connectivity index (χ3v) is 4.90. The van der Waals surface area contributed by atoms with Crippen LogP contribution in [-0.4, -0.2) is 36.3 Å². The number of aromatic amines is 1. The number of aromatic nitrogens is 2. The lowest BCUT2D eigenvalue weighted by molar-refractivity contribution is 0.234. The van der Waals surface area contributed by atoms with Gasteiger partial charge >= 0.3 is 6.03 Å². The van der Waals surface area contributed by atoms with Crippen molar-refractivity contribution in [2.24, 2.45) is 0 Å². The SMILES string of the molecule is COc1ccc(OCCNC(=O)N[C@H](c2ccccc2)c2ccc3nc[nH]c3c2)cc1. The molecule has 0 saturated heterocycles. The van der Waals surface area contributed by atoms with E-state index in [2.05, 4.69) is 20.6 Å². The van der Waals surface area contributed by atoms with E-state index < -0.39 is 0 Å². The van der Waals surface area contributed by atoms with Gasteiger partial charge in [0.2, 0.25) is 0 Å². The highest BCUT2D eigenvalue weighted by atomic mass is 16.5. The van der Waals surface area contributed by atoms with Crippen molar-refractivity contribution in [3.63, 3.8) is 0 Å². The first-order valence-corrected chi connectivity index (χ1v) is 10.0. The highest BCUT2D eigenvalue weighted by Gasteiger charge is 2.17. The normalized spacial score (nSPS) is 11.6. The predicted molar refractivity (Wildman–Crippen MR) is 119 cm³/mol. The highest BCUT2D eigenvalue weighted by Crippen LogP contribution is 2.24. The Morgan fingerprint density at radius 3 is 2.55 bits per heavy atom. The van der Waals surface area contributed by atoms with Crippen LogP contribution in [0.4, 0.5) is 4.79 Å². The Labute approximate surface area is 180 Å². The summed E-state index contributed by atoms with van der Waals surface area (Å²) in [4.78, 5) is 20.0. The first kappa shape index (κ1) is 20.3. The fourth-order valence-electron chi connectivity index (χ4n) is 3.32. The summed E-state index contributed by atoms with van der Waals surface area (Å²) in [5.74, 6) is 1.49. The smallest absolute Gasteiger partial charge is 0.315 e. The molecular formula is C24H24N4O3. The average molecular weight is 416 g/mol. The molecule has 1 aromatic heterocycles. The summed E-state index contributed by atoms with van der Waals surface area (Å²) < 4.78 is 10.8. The number of urea groups is 1. The largest absolute Gasteiger partial charge is 0.497 e. The number of benzene rings is 3. The molecule has 3 aromatic carbocycles. The van der Waals surface area contributed by atoms with Crippen LogP contribution in [0.5, 0.6) is 11.5 Å². The van der Waals surface area contributed by atoms with Crippen molar-refractivity contribution in [3.05, 3.63) is 90.3 Å². The lowest BCUT2D eigenvalue weighted by Crippen LogP contribution is -2.40. The van der Waals surface area contributed by atoms with Gasteiger partial charge in [0.25, 0.3) is 0 Å². The number of carbonyl (C=O) groups is 1. The molecule has 2 amide bonds. The zero-order valence-corrected chi connectivity index (χ0v) is 17.2. The van der Waals surface area contributed by atoms with E-state index in [1.165, 1.54) is 0 Å². The Kier molecular flexibility index (Phi) is 6.32. The summed E-state index contributed by atoms with van der Waals surface area (Å²) in [6, 6.07) is 22.5. The minimum Gasteiger partial charge on any atom is -0.497 e. The van der Waals surface area contributed by atoms with Gasteiger partial charge in [0, 0.05) is 0 Å². The van der Waals surface area contributed by atoms with E-state index in [1.807, 2.05) is 72.8 Å². The number of methoxy groups -OCH3 is 1. The number of imidazole rings is 1. The van der Waals surface area contributed by atoms with Crippen LogP contribution in [0.1, 0.15) is 17.2 Å². The molecule has 0 radical (unpaired) electrons. The van der Waals surface area contributed by atoms with Crippen LogP contribution in [-0.2, 0) is 0 Å². The van der Waals surface area contributed by atoms with Gasteiger partial charge in [-0.25, -0.2) is 9.78 Å². The topological polar surface area (TPSA) is 88.3 Å². The quantitative estimate of drug-likeness (QED) is 0.378. The highest BCUT2D eigenvalue weighted by molar-refractivity contribution is 5.77. The minimum absolute atomic E-state index is 0.267. The average Bonchev–Trinajstić information content (AvgIpc) is 3.29. The third-order valence-electron chi connectivity index (χ3n) is 4.90. The van der Waals surface area contributed by atoms with Crippen LogP contribution in [0, 0.1) is 0 Å². The molecule has 1 atom stereocenters. The molecule has 3 N–H and O–H groups in total. The second-order valence-electron chi connectivity index (χ2n) is 6.95. The Morgan fingerprint density at radius 2 is 1.77 bits per heavy atom. The molecule has 0 bridgehead atoms. The zero-order valence-electron chi connectivity index (χ0n) is 17.2. The molecule has 0 aliphatic heterocycles. The van der Waals surface area contributed by atoms with Gasteiger partial charge in [0.05, 0.1) is 37.1 Å². The molecule has 4 aromatic rings. The van der Waals surface area contributed by atoms with Crippen LogP contribution >= 0.6 is 0 Å². The lowest BCUT2D eigenvalue weighted by Gasteiger charge is -2.20. The van der Waals surface area contributed by atoms with Crippen molar-refractivity contribution in [1.29, 1.82) is 0 Å². The summed E-state index contributed by atoms with van der Waals surface area (Å²) in [6.07, 6.45) is 1.66. The van der Waals surface area contributed by atoms with E-state index in [-0.39, 0.29) is 12.1 Å². The van der Waals surface area contributed by atoms with E-state index in [4.69, 9.17) is 9.47 Å². The lowest BCUT2D eigenvalue weighted by atomic mass is 9.98. The maximum atomic E-state index is 12.6. The van der Waals surface area contributed by atoms with Crippen molar-refractivity contribution in [2.75, 3.05) is 20.3 Å². The van der Waals surface area contributed by atoms with E-state index in [1.54, 1.807) is 13.4 Å². The fourth-order valence-corrected chi connectivity index (χ4v) is 3.32. The van der Waals surface area contributed by atoms with Gasteiger partial charge in [-0.3, -0.25) is 0 Å². The first-order valence-electron chi connectivity index (χ1n) is 10.0. The number of amides is 2. The second-order valence-corrected chi connectivity index (χ2v) is 6.95. The van der Waals surface area contributed by atoms with Crippen LogP contribution in [0.2, 0.25) is 0 Å². The Bertz CT molecular complexity index is 1130. The van der Waals surface area contributed by atoms with Gasteiger partial charge in [-0.15, -0.1) is 0 Å². The Hall–Kier alpha value is -4.00. The van der Waals surface area contributed by atoms with Crippen molar-refractivity contribution in [1.82, 2.24) is 20.6 Å². The second kappa shape index (κ2) is 9.67. The van der Waals surface area contributed by atoms with Gasteiger partial charge in [-0.05, 0) is 47.5 Å². The summed E-state index contributed by atoms with van der Waals surface area (Å²) in [6.45, 7) is 0.731. The molecule has 0 aliphatic rings. The number of fused-ring (bicyclic) bond motifs is 1. The number of hydrogen-bond donors (Lipinski definition) is 3. The van der Waals surface area contributed by atoms with Crippen molar-refractivity contribution < 1.29 is 14.3 Å². The molecule has 4 rings (SSSR count). The van der Waals surface area contributed by atoms with E-state index in [0.29, 0.717) is 13.2 Å². The maximum absolute atomic E-state index is 12.6. The van der Waals surface area contributed by atoms with Crippen molar-refractivity contribution >= 4 is 17.1 Å². The third kappa shape index (κ3) is 5.14. The van der Waals surface area contributed by atoms with Gasteiger partial charge in [-0.2, -0.15) is 0 Å². The molecule has 31 heavy (non-hydrogen) atoms. The molecule has 0 aliphatic carbocycles. The van der Waals surface area contributed by atoms with Crippen LogP contribution in [0.3, 0.4) is 0 Å². The van der Waals surface area contributed by atoms with E-state index in [0.717, 1.165) is 33.7 Å². The molecule has 0 unspecified atom stereocenters. The molecule has 0 fully saturated rings. The molecule has 1 heterocycles. The number of nitrogens with one attached hydrogen (secondary N) is 3. The summed E-state index contributed by atoms with van der Waals surface area (Å²) in [7, 11) is 1.62. The van der Waals surface area contributed by atoms with Gasteiger partial charge < -0.3 is 25.1 Å². The number of carbonyl (C=O) groups excluding carboxylic acids is 1. The fraction of sp³-hybridized carbons (Fsp3) is 0.167. The van der Waals surface area contributed by atoms with Gasteiger partial charge in [0.15, 0.2) is 0 Å². The minimum atomic E-state index is -0.295. The van der Waals surface area contributed by atoms with Crippen molar-refractivity contribution in [3.8, 4) is 11.5 Å². The van der Waals surface area contributed by atoms with Crippen LogP contribution in [0.15, 0.2) is 79.1 Å². The number of hydrogen-bond acceptors (Lipinski definition) is 4. The van der Waals surface area contributed by atoms with E-state index in [9.17, 15) is 4.79 Å². The summed E-state index contributed by atoms with van der Waals surface area (Å²) >= 11 is 0. The van der Waals surface area contributed by atoms with Gasteiger partial charge in [0.1, 0.15) is 18.1 Å². The van der Waals surface area contributed by atoms with Gasteiger partial charge in [-0.1, -0.05) is 36.4 Å². The van der Waals surface area contributed by atoms with Crippen LogP contribution in [0.25, 0.3) is 11.0 Å². The zero-order chi connectivity index (χ0) is 21.5. The molecule has 0 saturated carbocycles. The molecule has 0 spiro atoms. The number of H-pyrrole nitrogens is 1. The summed E-state index contributed by atoms with van der Waals surface area (Å²) in [5, 5.41) is 5.92. The number of rotatable bonds is 8. The Balaban J connectivity index is 1.37. The molecular weight excluding hydrogens is 392 g/mol. The standard InChI is InChI=1S/C24H24N4O3/c1-30-19-8-10-20(11-9-19)31-14-13-25-24(29)28-23(17-5-3-2-4-6-17)18-7-12-21-22(15-18)27-16-26-21/h2-12,15-16,23H,13-14H2,1H3,(H,26,27)(H2,25,28,29)/t23-/m1/s1. The summed E-state index contributed by atoms with van der Waals surface area (Å²) in [5.41, 5.74) is 3.77. The van der Waals surface area contributed by atoms with Crippen LogP contribution < -0.4 is 20.1 Å². The first-order chi connectivity index (χ1) is 15.2. The molecule has 7 heteroatoms. The molecule has 158 valence electrons.